The van der Waals surface area contributed by atoms with Crippen molar-refractivity contribution in [2.75, 3.05) is 6.54 Å². The molecule has 0 saturated carbocycles. The SMILES string of the molecule is O=C(NCCCn1ccnc1)c1ccccc1OCc1ccccc1. The Bertz CT molecular complexity index is 786. The van der Waals surface area contributed by atoms with Gasteiger partial charge in [0.2, 0.25) is 0 Å². The highest BCUT2D eigenvalue weighted by Gasteiger charge is 2.11. The van der Waals surface area contributed by atoms with E-state index in [-0.39, 0.29) is 5.91 Å². The molecule has 0 aliphatic rings. The number of nitrogens with zero attached hydrogens (tertiary/aromatic N) is 2. The number of amides is 1. The lowest BCUT2D eigenvalue weighted by Gasteiger charge is -2.12. The number of hydrogen-bond donors (Lipinski definition) is 1. The quantitative estimate of drug-likeness (QED) is 0.643. The molecule has 0 atom stereocenters. The van der Waals surface area contributed by atoms with Crippen LogP contribution in [0.5, 0.6) is 5.75 Å². The molecule has 0 fully saturated rings. The molecule has 1 aromatic heterocycles. The van der Waals surface area contributed by atoms with Crippen molar-refractivity contribution in [3.63, 3.8) is 0 Å². The number of para-hydroxylation sites is 1. The molecule has 128 valence electrons. The van der Waals surface area contributed by atoms with Crippen LogP contribution in [0.4, 0.5) is 0 Å². The van der Waals surface area contributed by atoms with E-state index in [1.165, 1.54) is 0 Å². The first-order valence-corrected chi connectivity index (χ1v) is 8.32. The van der Waals surface area contributed by atoms with Crippen molar-refractivity contribution in [2.24, 2.45) is 0 Å². The van der Waals surface area contributed by atoms with Crippen molar-refractivity contribution >= 4 is 5.91 Å². The molecule has 0 spiro atoms. The number of imidazole rings is 1. The van der Waals surface area contributed by atoms with Gasteiger partial charge in [-0.2, -0.15) is 0 Å². The number of rotatable bonds is 8. The molecule has 3 rings (SSSR count). The molecule has 5 heteroatoms. The minimum atomic E-state index is -0.116. The zero-order valence-corrected chi connectivity index (χ0v) is 14.0. The van der Waals surface area contributed by atoms with Crippen molar-refractivity contribution < 1.29 is 9.53 Å². The Hall–Kier alpha value is -3.08. The van der Waals surface area contributed by atoms with Crippen LogP contribution in [0.3, 0.4) is 0 Å². The molecule has 2 aromatic carbocycles. The van der Waals surface area contributed by atoms with E-state index in [0.29, 0.717) is 24.5 Å². The molecule has 1 amide bonds. The summed E-state index contributed by atoms with van der Waals surface area (Å²) in [7, 11) is 0. The second kappa shape index (κ2) is 8.68. The molecule has 0 unspecified atom stereocenters. The molecule has 0 aliphatic heterocycles. The van der Waals surface area contributed by atoms with Crippen LogP contribution in [0, 0.1) is 0 Å². The Kier molecular flexibility index (Phi) is 5.82. The number of aryl methyl sites for hydroxylation is 1. The molecular weight excluding hydrogens is 314 g/mol. The minimum absolute atomic E-state index is 0.116. The molecule has 0 radical (unpaired) electrons. The fourth-order valence-electron chi connectivity index (χ4n) is 2.49. The Morgan fingerprint density at radius 2 is 1.88 bits per heavy atom. The van der Waals surface area contributed by atoms with E-state index in [1.54, 1.807) is 18.6 Å². The topological polar surface area (TPSA) is 56.2 Å². The van der Waals surface area contributed by atoms with Crippen LogP contribution >= 0.6 is 0 Å². The van der Waals surface area contributed by atoms with E-state index in [0.717, 1.165) is 18.5 Å². The lowest BCUT2D eigenvalue weighted by molar-refractivity contribution is 0.0948. The van der Waals surface area contributed by atoms with Gasteiger partial charge in [0.05, 0.1) is 11.9 Å². The van der Waals surface area contributed by atoms with Crippen molar-refractivity contribution in [1.82, 2.24) is 14.9 Å². The largest absolute Gasteiger partial charge is 0.488 e. The normalized spacial score (nSPS) is 10.4. The third-order valence-electron chi connectivity index (χ3n) is 3.81. The number of nitrogens with one attached hydrogen (secondary N) is 1. The summed E-state index contributed by atoms with van der Waals surface area (Å²) in [6.45, 7) is 1.86. The van der Waals surface area contributed by atoms with Crippen molar-refractivity contribution in [3.05, 3.63) is 84.4 Å². The first kappa shape index (κ1) is 16.8. The highest BCUT2D eigenvalue weighted by molar-refractivity contribution is 5.96. The maximum Gasteiger partial charge on any atom is 0.255 e. The summed E-state index contributed by atoms with van der Waals surface area (Å²) in [4.78, 5) is 16.4. The summed E-state index contributed by atoms with van der Waals surface area (Å²) < 4.78 is 7.83. The average molecular weight is 335 g/mol. The van der Waals surface area contributed by atoms with Crippen molar-refractivity contribution in [1.29, 1.82) is 0 Å². The van der Waals surface area contributed by atoms with Crippen molar-refractivity contribution in [2.45, 2.75) is 19.6 Å². The van der Waals surface area contributed by atoms with Gasteiger partial charge in [-0.25, -0.2) is 4.98 Å². The molecule has 0 bridgehead atoms. The third-order valence-corrected chi connectivity index (χ3v) is 3.81. The van der Waals surface area contributed by atoms with Crippen LogP contribution in [0.2, 0.25) is 0 Å². The summed E-state index contributed by atoms with van der Waals surface area (Å²) in [6, 6.07) is 17.2. The summed E-state index contributed by atoms with van der Waals surface area (Å²) in [5, 5.41) is 2.95. The summed E-state index contributed by atoms with van der Waals surface area (Å²) in [6.07, 6.45) is 6.27. The van der Waals surface area contributed by atoms with Gasteiger partial charge in [0.1, 0.15) is 12.4 Å². The number of benzene rings is 2. The second-order valence-corrected chi connectivity index (χ2v) is 5.68. The van der Waals surface area contributed by atoms with E-state index < -0.39 is 0 Å². The van der Waals surface area contributed by atoms with E-state index >= 15 is 0 Å². The molecule has 0 aliphatic carbocycles. The second-order valence-electron chi connectivity index (χ2n) is 5.68. The standard InChI is InChI=1S/C20H21N3O2/c24-20(22-11-6-13-23-14-12-21-16-23)18-9-4-5-10-19(18)25-15-17-7-2-1-3-8-17/h1-5,7-10,12,14,16H,6,11,13,15H2,(H,22,24). The van der Waals surface area contributed by atoms with Gasteiger partial charge in [-0.15, -0.1) is 0 Å². The molecule has 0 saturated heterocycles. The van der Waals surface area contributed by atoms with Crippen molar-refractivity contribution in [3.8, 4) is 5.75 Å². The van der Waals surface area contributed by atoms with Crippen LogP contribution in [-0.2, 0) is 13.2 Å². The van der Waals surface area contributed by atoms with Gasteiger partial charge >= 0.3 is 0 Å². The van der Waals surface area contributed by atoms with Gasteiger partial charge in [0.25, 0.3) is 5.91 Å². The first-order valence-electron chi connectivity index (χ1n) is 8.32. The molecule has 1 heterocycles. The fourth-order valence-corrected chi connectivity index (χ4v) is 2.49. The van der Waals surface area contributed by atoms with Crippen LogP contribution in [0.1, 0.15) is 22.3 Å². The Balaban J connectivity index is 1.53. The molecule has 5 nitrogen and oxygen atoms in total. The Labute approximate surface area is 147 Å². The lowest BCUT2D eigenvalue weighted by Crippen LogP contribution is -2.25. The monoisotopic (exact) mass is 335 g/mol. The van der Waals surface area contributed by atoms with Crippen LogP contribution in [0.25, 0.3) is 0 Å². The first-order chi connectivity index (χ1) is 12.3. The van der Waals surface area contributed by atoms with Gasteiger partial charge in [-0.05, 0) is 24.1 Å². The van der Waals surface area contributed by atoms with Gasteiger partial charge in [0.15, 0.2) is 0 Å². The third kappa shape index (κ3) is 4.94. The molecule has 3 aromatic rings. The summed E-state index contributed by atoms with van der Waals surface area (Å²) in [5.74, 6) is 0.479. The Morgan fingerprint density at radius 1 is 1.08 bits per heavy atom. The predicted octanol–water partition coefficient (Wildman–Crippen LogP) is 3.28. The van der Waals surface area contributed by atoms with Gasteiger partial charge < -0.3 is 14.6 Å². The molecule has 1 N–H and O–H groups in total. The highest BCUT2D eigenvalue weighted by atomic mass is 16.5. The smallest absolute Gasteiger partial charge is 0.255 e. The summed E-state index contributed by atoms with van der Waals surface area (Å²) in [5.41, 5.74) is 1.62. The van der Waals surface area contributed by atoms with E-state index in [2.05, 4.69) is 10.3 Å². The zero-order valence-electron chi connectivity index (χ0n) is 14.0. The highest BCUT2D eigenvalue weighted by Crippen LogP contribution is 2.19. The van der Waals surface area contributed by atoms with Crippen LogP contribution in [-0.4, -0.2) is 22.0 Å². The number of hydrogen-bond acceptors (Lipinski definition) is 3. The number of aromatic nitrogens is 2. The predicted molar refractivity (Wildman–Crippen MR) is 96.4 cm³/mol. The van der Waals surface area contributed by atoms with Gasteiger partial charge in [-0.3, -0.25) is 4.79 Å². The number of carbonyl (C=O) groups excluding carboxylic acids is 1. The summed E-state index contributed by atoms with van der Waals surface area (Å²) >= 11 is 0. The van der Waals surface area contributed by atoms with E-state index in [9.17, 15) is 4.79 Å². The van der Waals surface area contributed by atoms with Crippen LogP contribution in [0.15, 0.2) is 73.3 Å². The van der Waals surface area contributed by atoms with E-state index in [4.69, 9.17) is 4.74 Å². The molecular formula is C20H21N3O2. The number of ether oxygens (including phenoxy) is 1. The average Bonchev–Trinajstić information content (AvgIpc) is 3.18. The fraction of sp³-hybridized carbons (Fsp3) is 0.200. The molecule has 25 heavy (non-hydrogen) atoms. The maximum atomic E-state index is 12.4. The number of carbonyl (C=O) groups is 1. The lowest BCUT2D eigenvalue weighted by atomic mass is 10.2. The minimum Gasteiger partial charge on any atom is -0.488 e. The van der Waals surface area contributed by atoms with Crippen LogP contribution < -0.4 is 10.1 Å². The zero-order chi connectivity index (χ0) is 17.3. The van der Waals surface area contributed by atoms with Gasteiger partial charge in [0, 0.05) is 25.5 Å². The van der Waals surface area contributed by atoms with Gasteiger partial charge in [-0.1, -0.05) is 42.5 Å². The maximum absolute atomic E-state index is 12.4. The Morgan fingerprint density at radius 3 is 2.68 bits per heavy atom. The van der Waals surface area contributed by atoms with E-state index in [1.807, 2.05) is 59.3 Å².